The molecule has 6 heteroatoms. The van der Waals surface area contributed by atoms with Gasteiger partial charge in [-0.2, -0.15) is 0 Å². The van der Waals surface area contributed by atoms with E-state index < -0.39 is 9.84 Å². The van der Waals surface area contributed by atoms with Crippen LogP contribution in [-0.4, -0.2) is 49.0 Å². The zero-order valence-corrected chi connectivity index (χ0v) is 10.5. The van der Waals surface area contributed by atoms with Crippen LogP contribution < -0.4 is 5.32 Å². The van der Waals surface area contributed by atoms with Gasteiger partial charge in [0.2, 0.25) is 5.91 Å². The predicted molar refractivity (Wildman–Crippen MR) is 60.6 cm³/mol. The third kappa shape index (κ3) is 1.96. The van der Waals surface area contributed by atoms with Gasteiger partial charge in [-0.1, -0.05) is 6.92 Å². The molecule has 1 N–H and O–H groups in total. The first-order valence-electron chi connectivity index (χ1n) is 5.69. The second kappa shape index (κ2) is 3.70. The van der Waals surface area contributed by atoms with E-state index in [1.807, 2.05) is 6.92 Å². The summed E-state index contributed by atoms with van der Waals surface area (Å²) in [6.45, 7) is 3.85. The predicted octanol–water partition coefficient (Wildman–Crippen LogP) is -0.268. The molecule has 1 aliphatic heterocycles. The molecule has 1 saturated carbocycles. The van der Waals surface area contributed by atoms with Gasteiger partial charge in [-0.25, -0.2) is 8.42 Å². The lowest BCUT2D eigenvalue weighted by Crippen LogP contribution is -2.38. The van der Waals surface area contributed by atoms with Gasteiger partial charge in [0, 0.05) is 12.3 Å². The normalized spacial score (nSPS) is 27.8. The Morgan fingerprint density at radius 2 is 2.12 bits per heavy atom. The molecule has 0 aromatic rings. The maximum absolute atomic E-state index is 12.0. The third-order valence-electron chi connectivity index (χ3n) is 3.46. The highest BCUT2D eigenvalue weighted by molar-refractivity contribution is 7.91. The molecule has 1 amide bonds. The van der Waals surface area contributed by atoms with Gasteiger partial charge in [0.1, 0.15) is 0 Å². The first kappa shape index (κ1) is 11.9. The molecule has 1 unspecified atom stereocenters. The molecule has 0 aromatic heterocycles. The molecule has 1 spiro atoms. The maximum Gasteiger partial charge on any atom is 0.244 e. The Bertz CT molecular complexity index is 400. The Kier molecular flexibility index (Phi) is 2.74. The van der Waals surface area contributed by atoms with E-state index in [0.29, 0.717) is 6.54 Å². The van der Waals surface area contributed by atoms with Crippen LogP contribution in [0.3, 0.4) is 0 Å². The molecule has 1 saturated heterocycles. The molecule has 1 heterocycles. The number of hydrogen-bond acceptors (Lipinski definition) is 4. The molecule has 0 aromatic carbocycles. The van der Waals surface area contributed by atoms with Crippen molar-refractivity contribution in [3.8, 4) is 0 Å². The van der Waals surface area contributed by atoms with Crippen molar-refractivity contribution < 1.29 is 13.2 Å². The zero-order chi connectivity index (χ0) is 12.0. The minimum atomic E-state index is -2.99. The van der Waals surface area contributed by atoms with Crippen molar-refractivity contribution >= 4 is 15.7 Å². The fraction of sp³-hybridized carbons (Fsp3) is 0.900. The van der Waals surface area contributed by atoms with E-state index in [1.165, 1.54) is 0 Å². The molecular formula is C10H18N2O3S. The van der Waals surface area contributed by atoms with E-state index in [1.54, 1.807) is 11.8 Å². The topological polar surface area (TPSA) is 66.5 Å². The Morgan fingerprint density at radius 3 is 2.56 bits per heavy atom. The highest BCUT2D eigenvalue weighted by Crippen LogP contribution is 2.41. The lowest BCUT2D eigenvalue weighted by atomic mass is 10.3. The Labute approximate surface area is 96.1 Å². The lowest BCUT2D eigenvalue weighted by molar-refractivity contribution is -0.130. The minimum Gasteiger partial charge on any atom is -0.325 e. The van der Waals surface area contributed by atoms with E-state index in [4.69, 9.17) is 0 Å². The van der Waals surface area contributed by atoms with Crippen molar-refractivity contribution in [3.63, 3.8) is 0 Å². The summed E-state index contributed by atoms with van der Waals surface area (Å²) < 4.78 is 22.8. The fourth-order valence-electron chi connectivity index (χ4n) is 2.15. The van der Waals surface area contributed by atoms with Crippen LogP contribution in [-0.2, 0) is 14.6 Å². The number of hydrogen-bond donors (Lipinski definition) is 1. The van der Waals surface area contributed by atoms with Gasteiger partial charge >= 0.3 is 0 Å². The van der Waals surface area contributed by atoms with Gasteiger partial charge in [-0.15, -0.1) is 0 Å². The van der Waals surface area contributed by atoms with E-state index in [-0.39, 0.29) is 29.1 Å². The smallest absolute Gasteiger partial charge is 0.244 e. The Morgan fingerprint density at radius 1 is 1.50 bits per heavy atom. The van der Waals surface area contributed by atoms with E-state index >= 15 is 0 Å². The first-order valence-corrected chi connectivity index (χ1v) is 7.51. The van der Waals surface area contributed by atoms with Crippen LogP contribution in [0, 0.1) is 0 Å². The van der Waals surface area contributed by atoms with Crippen molar-refractivity contribution in [1.29, 1.82) is 0 Å². The van der Waals surface area contributed by atoms with Crippen LogP contribution >= 0.6 is 0 Å². The minimum absolute atomic E-state index is 0.0398. The average molecular weight is 246 g/mol. The fourth-order valence-corrected chi connectivity index (χ4v) is 2.91. The highest BCUT2D eigenvalue weighted by atomic mass is 32.2. The molecule has 2 fully saturated rings. The van der Waals surface area contributed by atoms with E-state index in [2.05, 4.69) is 5.32 Å². The summed E-state index contributed by atoms with van der Waals surface area (Å²) in [5.74, 6) is 0.283. The summed E-state index contributed by atoms with van der Waals surface area (Å²) in [7, 11) is -2.99. The third-order valence-corrected chi connectivity index (χ3v) is 5.14. The van der Waals surface area contributed by atoms with Crippen LogP contribution in [0.15, 0.2) is 0 Å². The summed E-state index contributed by atoms with van der Waals surface area (Å²) in [5.41, 5.74) is -0.338. The second-order valence-electron chi connectivity index (χ2n) is 4.64. The number of nitrogens with one attached hydrogen (secondary N) is 1. The molecule has 5 nitrogen and oxygen atoms in total. The lowest BCUT2D eigenvalue weighted by Gasteiger charge is -2.20. The summed E-state index contributed by atoms with van der Waals surface area (Å²) in [4.78, 5) is 13.6. The maximum atomic E-state index is 12.0. The quantitative estimate of drug-likeness (QED) is 0.741. The van der Waals surface area contributed by atoms with Crippen molar-refractivity contribution in [3.05, 3.63) is 0 Å². The number of sulfone groups is 1. The van der Waals surface area contributed by atoms with Crippen LogP contribution in [0.1, 0.15) is 26.7 Å². The SMILES string of the molecule is CCS(=O)(=O)CCN1C(=O)C2(CC2)NC1C. The summed E-state index contributed by atoms with van der Waals surface area (Å²) in [6.07, 6.45) is 1.72. The molecule has 1 atom stereocenters. The molecule has 1 aliphatic carbocycles. The summed E-state index contributed by atoms with van der Waals surface area (Å²) in [6, 6.07) is 0. The average Bonchev–Trinajstić information content (AvgIpc) is 2.94. The number of amides is 1. The van der Waals surface area contributed by atoms with Crippen molar-refractivity contribution in [1.82, 2.24) is 10.2 Å². The number of rotatable bonds is 4. The standard InChI is InChI=1S/C10H18N2O3S/c1-3-16(14,15)7-6-12-8(2)11-10(4-5-10)9(12)13/h8,11H,3-7H2,1-2H3. The summed E-state index contributed by atoms with van der Waals surface area (Å²) in [5, 5.41) is 3.24. The number of carbonyl (C=O) groups excluding carboxylic acids is 1. The van der Waals surface area contributed by atoms with Gasteiger partial charge in [0.05, 0.1) is 17.5 Å². The van der Waals surface area contributed by atoms with Crippen molar-refractivity contribution in [2.24, 2.45) is 0 Å². The molecular weight excluding hydrogens is 228 g/mol. The van der Waals surface area contributed by atoms with Crippen LogP contribution in [0.4, 0.5) is 0 Å². The largest absolute Gasteiger partial charge is 0.325 e. The van der Waals surface area contributed by atoms with Gasteiger partial charge in [0.25, 0.3) is 0 Å². The second-order valence-corrected chi connectivity index (χ2v) is 7.11. The van der Waals surface area contributed by atoms with Crippen molar-refractivity contribution in [2.75, 3.05) is 18.1 Å². The van der Waals surface area contributed by atoms with Gasteiger partial charge in [-0.3, -0.25) is 10.1 Å². The molecule has 92 valence electrons. The zero-order valence-electron chi connectivity index (χ0n) is 9.69. The molecule has 0 bridgehead atoms. The van der Waals surface area contributed by atoms with Crippen LogP contribution in [0.2, 0.25) is 0 Å². The number of carbonyl (C=O) groups is 1. The van der Waals surface area contributed by atoms with E-state index in [0.717, 1.165) is 12.8 Å². The molecule has 16 heavy (non-hydrogen) atoms. The van der Waals surface area contributed by atoms with Crippen LogP contribution in [0.5, 0.6) is 0 Å². The van der Waals surface area contributed by atoms with Crippen LogP contribution in [0.25, 0.3) is 0 Å². The summed E-state index contributed by atoms with van der Waals surface area (Å²) >= 11 is 0. The van der Waals surface area contributed by atoms with Crippen molar-refractivity contribution in [2.45, 2.75) is 38.4 Å². The Balaban J connectivity index is 1.98. The monoisotopic (exact) mass is 246 g/mol. The highest BCUT2D eigenvalue weighted by Gasteiger charge is 2.57. The molecule has 2 aliphatic rings. The number of nitrogens with zero attached hydrogens (tertiary/aromatic N) is 1. The van der Waals surface area contributed by atoms with Gasteiger partial charge in [-0.05, 0) is 19.8 Å². The Hall–Kier alpha value is -0.620. The molecule has 2 rings (SSSR count). The first-order chi connectivity index (χ1) is 7.40. The van der Waals surface area contributed by atoms with E-state index in [9.17, 15) is 13.2 Å². The van der Waals surface area contributed by atoms with Gasteiger partial charge < -0.3 is 4.90 Å². The molecule has 0 radical (unpaired) electrons. The van der Waals surface area contributed by atoms with Gasteiger partial charge in [0.15, 0.2) is 9.84 Å².